The monoisotopic (exact) mass is 303 g/mol. The summed E-state index contributed by atoms with van der Waals surface area (Å²) in [6.45, 7) is 5.24. The average molecular weight is 303 g/mol. The summed E-state index contributed by atoms with van der Waals surface area (Å²) in [6.07, 6.45) is 3.66. The van der Waals surface area contributed by atoms with Gasteiger partial charge in [-0.3, -0.25) is 0 Å². The van der Waals surface area contributed by atoms with Crippen LogP contribution in [0.5, 0.6) is 0 Å². The lowest BCUT2D eigenvalue weighted by atomic mass is 10.2. The summed E-state index contributed by atoms with van der Waals surface area (Å²) in [5.41, 5.74) is -0.619. The molecule has 1 fully saturated rings. The number of ether oxygens (including phenoxy) is 1. The van der Waals surface area contributed by atoms with Crippen LogP contribution in [0.2, 0.25) is 0 Å². The highest BCUT2D eigenvalue weighted by molar-refractivity contribution is 7.99. The summed E-state index contributed by atoms with van der Waals surface area (Å²) in [7, 11) is 0. The van der Waals surface area contributed by atoms with Gasteiger partial charge in [0.15, 0.2) is 0 Å². The molecule has 0 heterocycles. The Morgan fingerprint density at radius 1 is 1.35 bits per heavy atom. The predicted molar refractivity (Wildman–Crippen MR) is 80.1 cm³/mol. The fourth-order valence-corrected chi connectivity index (χ4v) is 2.77. The van der Waals surface area contributed by atoms with Crippen molar-refractivity contribution in [2.75, 3.05) is 11.5 Å². The predicted octanol–water partition coefficient (Wildman–Crippen LogP) is 2.89. The molecule has 0 aromatic rings. The van der Waals surface area contributed by atoms with Gasteiger partial charge in [0.1, 0.15) is 11.6 Å². The van der Waals surface area contributed by atoms with E-state index in [4.69, 9.17) is 9.84 Å². The van der Waals surface area contributed by atoms with Gasteiger partial charge in [-0.25, -0.2) is 9.59 Å². The molecule has 1 atom stereocenters. The lowest BCUT2D eigenvalue weighted by Crippen LogP contribution is -2.43. The van der Waals surface area contributed by atoms with Gasteiger partial charge in [0.05, 0.1) is 0 Å². The maximum Gasteiger partial charge on any atom is 0.408 e. The number of amides is 1. The Bertz CT molecular complexity index is 337. The number of carbonyl (C=O) groups is 2. The summed E-state index contributed by atoms with van der Waals surface area (Å²) in [5.74, 6) is 1.69. The van der Waals surface area contributed by atoms with Crippen molar-refractivity contribution < 1.29 is 19.4 Å². The number of hydrogen-bond donors (Lipinski definition) is 2. The molecule has 0 bridgehead atoms. The van der Waals surface area contributed by atoms with Gasteiger partial charge in [-0.15, -0.1) is 0 Å². The third-order valence-corrected chi connectivity index (χ3v) is 3.96. The van der Waals surface area contributed by atoms with E-state index in [0.717, 1.165) is 17.4 Å². The molecule has 1 aliphatic carbocycles. The van der Waals surface area contributed by atoms with E-state index in [1.165, 1.54) is 19.3 Å². The van der Waals surface area contributed by atoms with Gasteiger partial charge >= 0.3 is 12.1 Å². The first kappa shape index (κ1) is 17.1. The number of aliphatic carboxylic acids is 1. The van der Waals surface area contributed by atoms with Gasteiger partial charge in [0.25, 0.3) is 0 Å². The quantitative estimate of drug-likeness (QED) is 0.674. The second-order valence-electron chi connectivity index (χ2n) is 6.17. The molecule has 116 valence electrons. The van der Waals surface area contributed by atoms with Crippen LogP contribution in [0.25, 0.3) is 0 Å². The molecule has 1 unspecified atom stereocenters. The first-order valence-corrected chi connectivity index (χ1v) is 8.23. The molecule has 0 radical (unpaired) electrons. The van der Waals surface area contributed by atoms with Crippen LogP contribution in [0.15, 0.2) is 0 Å². The number of carbonyl (C=O) groups excluding carboxylic acids is 1. The van der Waals surface area contributed by atoms with Crippen LogP contribution >= 0.6 is 11.8 Å². The van der Waals surface area contributed by atoms with Crippen LogP contribution in [0, 0.1) is 5.92 Å². The molecule has 5 nitrogen and oxygen atoms in total. The number of carboxylic acid groups (broad SMARTS) is 1. The van der Waals surface area contributed by atoms with Crippen LogP contribution in [-0.4, -0.2) is 40.3 Å². The second-order valence-corrected chi connectivity index (χ2v) is 7.39. The lowest BCUT2D eigenvalue weighted by molar-refractivity contribution is -0.139. The summed E-state index contributed by atoms with van der Waals surface area (Å²) >= 11 is 1.75. The molecule has 1 aliphatic rings. The van der Waals surface area contributed by atoms with Gasteiger partial charge in [0, 0.05) is 0 Å². The SMILES string of the molecule is CC(C)(C)OC(=O)NC(CCSCCC1CC1)C(=O)O. The largest absolute Gasteiger partial charge is 0.480 e. The third kappa shape index (κ3) is 8.30. The third-order valence-electron chi connectivity index (χ3n) is 2.91. The normalized spacial score (nSPS) is 16.6. The molecule has 1 amide bonds. The van der Waals surface area contributed by atoms with Crippen molar-refractivity contribution in [3.63, 3.8) is 0 Å². The van der Waals surface area contributed by atoms with E-state index < -0.39 is 23.7 Å². The number of nitrogens with one attached hydrogen (secondary N) is 1. The Labute approximate surface area is 124 Å². The Kier molecular flexibility index (Phi) is 6.65. The fraction of sp³-hybridized carbons (Fsp3) is 0.857. The van der Waals surface area contributed by atoms with Gasteiger partial charge < -0.3 is 15.2 Å². The number of hydrogen-bond acceptors (Lipinski definition) is 4. The van der Waals surface area contributed by atoms with Crippen LogP contribution in [0.4, 0.5) is 4.79 Å². The Hall–Kier alpha value is -0.910. The minimum absolute atomic E-state index is 0.421. The number of thioether (sulfide) groups is 1. The number of carboxylic acids is 1. The molecule has 0 aromatic heterocycles. The van der Waals surface area contributed by atoms with Gasteiger partial charge in [-0.1, -0.05) is 12.8 Å². The fourth-order valence-electron chi connectivity index (χ4n) is 1.67. The lowest BCUT2D eigenvalue weighted by Gasteiger charge is -2.21. The molecule has 1 saturated carbocycles. The smallest absolute Gasteiger partial charge is 0.408 e. The van der Waals surface area contributed by atoms with E-state index in [1.807, 2.05) is 0 Å². The standard InChI is InChI=1S/C14H25NO4S/c1-14(2,3)19-13(18)15-11(12(16)17)7-9-20-8-6-10-4-5-10/h10-11H,4-9H2,1-3H3,(H,15,18)(H,16,17). The summed E-state index contributed by atoms with van der Waals surface area (Å²) in [5, 5.41) is 11.5. The van der Waals surface area contributed by atoms with Gasteiger partial charge in [0.2, 0.25) is 0 Å². The summed E-state index contributed by atoms with van der Waals surface area (Å²) < 4.78 is 5.07. The molecule has 0 saturated heterocycles. The zero-order chi connectivity index (χ0) is 15.2. The topological polar surface area (TPSA) is 75.6 Å². The van der Waals surface area contributed by atoms with E-state index in [0.29, 0.717) is 6.42 Å². The highest BCUT2D eigenvalue weighted by atomic mass is 32.2. The second kappa shape index (κ2) is 7.76. The molecular formula is C14H25NO4S. The molecule has 0 aromatic carbocycles. The van der Waals surface area contributed by atoms with Crippen molar-refractivity contribution in [2.45, 2.75) is 58.1 Å². The minimum Gasteiger partial charge on any atom is -0.480 e. The van der Waals surface area contributed by atoms with Crippen LogP contribution < -0.4 is 5.32 Å². The first-order chi connectivity index (χ1) is 9.28. The van der Waals surface area contributed by atoms with E-state index in [2.05, 4.69) is 5.32 Å². The van der Waals surface area contributed by atoms with Crippen LogP contribution in [0.3, 0.4) is 0 Å². The van der Waals surface area contributed by atoms with Crippen molar-refractivity contribution >= 4 is 23.8 Å². The van der Waals surface area contributed by atoms with E-state index in [1.54, 1.807) is 32.5 Å². The maximum absolute atomic E-state index is 11.6. The number of rotatable bonds is 8. The highest BCUT2D eigenvalue weighted by Crippen LogP contribution is 2.33. The van der Waals surface area contributed by atoms with E-state index in [9.17, 15) is 9.59 Å². The van der Waals surface area contributed by atoms with Crippen LogP contribution in [-0.2, 0) is 9.53 Å². The molecular weight excluding hydrogens is 278 g/mol. The van der Waals surface area contributed by atoms with Crippen LogP contribution in [0.1, 0.15) is 46.5 Å². The molecule has 6 heteroatoms. The maximum atomic E-state index is 11.6. The highest BCUT2D eigenvalue weighted by Gasteiger charge is 2.24. The average Bonchev–Trinajstić information content (AvgIpc) is 3.08. The molecule has 0 spiro atoms. The number of alkyl carbamates (subject to hydrolysis) is 1. The minimum atomic E-state index is -1.02. The van der Waals surface area contributed by atoms with Gasteiger partial charge in [-0.05, 0) is 51.0 Å². The Morgan fingerprint density at radius 2 is 2.00 bits per heavy atom. The zero-order valence-electron chi connectivity index (χ0n) is 12.5. The van der Waals surface area contributed by atoms with Crippen molar-refractivity contribution in [1.29, 1.82) is 0 Å². The Balaban J connectivity index is 2.21. The zero-order valence-corrected chi connectivity index (χ0v) is 13.3. The van der Waals surface area contributed by atoms with E-state index in [-0.39, 0.29) is 0 Å². The molecule has 0 aliphatic heterocycles. The van der Waals surface area contributed by atoms with Gasteiger partial charge in [-0.2, -0.15) is 11.8 Å². The molecule has 1 rings (SSSR count). The Morgan fingerprint density at radius 3 is 2.50 bits per heavy atom. The van der Waals surface area contributed by atoms with Crippen molar-refractivity contribution in [3.8, 4) is 0 Å². The summed E-state index contributed by atoms with van der Waals surface area (Å²) in [4.78, 5) is 22.7. The van der Waals surface area contributed by atoms with Crippen molar-refractivity contribution in [2.24, 2.45) is 5.92 Å². The van der Waals surface area contributed by atoms with Crippen molar-refractivity contribution in [3.05, 3.63) is 0 Å². The molecule has 20 heavy (non-hydrogen) atoms. The first-order valence-electron chi connectivity index (χ1n) is 7.08. The molecule has 2 N–H and O–H groups in total. The van der Waals surface area contributed by atoms with E-state index >= 15 is 0 Å². The summed E-state index contributed by atoms with van der Waals surface area (Å²) in [6, 6.07) is -0.877. The van der Waals surface area contributed by atoms with Crippen molar-refractivity contribution in [1.82, 2.24) is 5.32 Å².